The van der Waals surface area contributed by atoms with E-state index in [1.165, 1.54) is 19.3 Å². The van der Waals surface area contributed by atoms with E-state index in [0.29, 0.717) is 12.0 Å². The lowest BCUT2D eigenvalue weighted by Gasteiger charge is -2.41. The molecular weight excluding hydrogens is 268 g/mol. The van der Waals surface area contributed by atoms with E-state index in [-0.39, 0.29) is 17.9 Å². The van der Waals surface area contributed by atoms with Crippen LogP contribution >= 0.6 is 0 Å². The second-order valence-corrected chi connectivity index (χ2v) is 6.76. The number of rotatable bonds is 6. The summed E-state index contributed by atoms with van der Waals surface area (Å²) in [5.41, 5.74) is 0.311. The van der Waals surface area contributed by atoms with E-state index in [9.17, 15) is 14.7 Å². The predicted octanol–water partition coefficient (Wildman–Crippen LogP) is 2.76. The first-order valence-electron chi connectivity index (χ1n) is 8.31. The Hall–Kier alpha value is -1.26. The second-order valence-electron chi connectivity index (χ2n) is 6.76. The van der Waals surface area contributed by atoms with Crippen molar-refractivity contribution >= 4 is 12.0 Å². The van der Waals surface area contributed by atoms with Gasteiger partial charge in [-0.3, -0.25) is 4.79 Å². The summed E-state index contributed by atoms with van der Waals surface area (Å²) in [6.07, 6.45) is 8.46. The van der Waals surface area contributed by atoms with Gasteiger partial charge in [-0.05, 0) is 43.4 Å². The number of nitrogens with one attached hydrogen (secondary N) is 2. The minimum Gasteiger partial charge on any atom is -0.481 e. The van der Waals surface area contributed by atoms with Crippen LogP contribution in [0.1, 0.15) is 58.3 Å². The molecule has 120 valence electrons. The minimum atomic E-state index is -0.721. The van der Waals surface area contributed by atoms with Crippen LogP contribution in [0.2, 0.25) is 0 Å². The molecule has 0 aliphatic heterocycles. The Kier molecular flexibility index (Phi) is 5.48. The Balaban J connectivity index is 1.71. The van der Waals surface area contributed by atoms with Crippen molar-refractivity contribution in [3.8, 4) is 0 Å². The highest BCUT2D eigenvalue weighted by atomic mass is 16.4. The van der Waals surface area contributed by atoms with E-state index >= 15 is 0 Å². The fourth-order valence-corrected chi connectivity index (χ4v) is 3.66. The molecule has 0 aromatic rings. The number of carboxylic acid groups (broad SMARTS) is 1. The molecule has 21 heavy (non-hydrogen) atoms. The summed E-state index contributed by atoms with van der Waals surface area (Å²) in [4.78, 5) is 23.1. The number of carbonyl (C=O) groups excluding carboxylic acids is 1. The van der Waals surface area contributed by atoms with E-state index in [1.807, 2.05) is 0 Å². The smallest absolute Gasteiger partial charge is 0.314 e. The van der Waals surface area contributed by atoms with Gasteiger partial charge in [0, 0.05) is 13.1 Å². The van der Waals surface area contributed by atoms with Gasteiger partial charge in [0.15, 0.2) is 0 Å². The molecule has 0 radical (unpaired) electrons. The van der Waals surface area contributed by atoms with Crippen LogP contribution in [-0.4, -0.2) is 30.2 Å². The Bertz CT molecular complexity index is 374. The van der Waals surface area contributed by atoms with Crippen LogP contribution in [0.5, 0.6) is 0 Å². The predicted molar refractivity (Wildman–Crippen MR) is 81.1 cm³/mol. The number of aliphatic carboxylic acids is 1. The fraction of sp³-hybridized carbons (Fsp3) is 0.875. The quantitative estimate of drug-likeness (QED) is 0.705. The summed E-state index contributed by atoms with van der Waals surface area (Å²) in [7, 11) is 0. The van der Waals surface area contributed by atoms with Gasteiger partial charge in [-0.15, -0.1) is 0 Å². The first-order chi connectivity index (χ1) is 10.1. The van der Waals surface area contributed by atoms with E-state index < -0.39 is 5.97 Å². The van der Waals surface area contributed by atoms with Crippen LogP contribution in [0.3, 0.4) is 0 Å². The Morgan fingerprint density at radius 1 is 1.14 bits per heavy atom. The SMILES string of the molecule is CCC1(CNC(=O)NCC2CCCCC2C(=O)O)CCC1. The van der Waals surface area contributed by atoms with Crippen molar-refractivity contribution < 1.29 is 14.7 Å². The molecule has 0 saturated heterocycles. The van der Waals surface area contributed by atoms with Gasteiger partial charge in [-0.1, -0.05) is 26.2 Å². The third-order valence-electron chi connectivity index (χ3n) is 5.54. The summed E-state index contributed by atoms with van der Waals surface area (Å²) < 4.78 is 0. The topological polar surface area (TPSA) is 78.4 Å². The van der Waals surface area contributed by atoms with Crippen LogP contribution in [0.15, 0.2) is 0 Å². The van der Waals surface area contributed by atoms with Crippen molar-refractivity contribution in [3.63, 3.8) is 0 Å². The van der Waals surface area contributed by atoms with Gasteiger partial charge in [0.2, 0.25) is 0 Å². The van der Waals surface area contributed by atoms with Crippen molar-refractivity contribution in [3.05, 3.63) is 0 Å². The summed E-state index contributed by atoms with van der Waals surface area (Å²) in [5, 5.41) is 15.1. The number of carboxylic acids is 1. The first kappa shape index (κ1) is 16.1. The van der Waals surface area contributed by atoms with Crippen molar-refractivity contribution in [2.24, 2.45) is 17.3 Å². The van der Waals surface area contributed by atoms with Gasteiger partial charge >= 0.3 is 12.0 Å². The molecule has 2 fully saturated rings. The number of carbonyl (C=O) groups is 2. The molecule has 3 N–H and O–H groups in total. The largest absolute Gasteiger partial charge is 0.481 e. The normalized spacial score (nSPS) is 27.5. The monoisotopic (exact) mass is 296 g/mol. The Labute approximate surface area is 126 Å². The minimum absolute atomic E-state index is 0.0749. The van der Waals surface area contributed by atoms with Gasteiger partial charge in [0.25, 0.3) is 0 Å². The summed E-state index contributed by atoms with van der Waals surface area (Å²) in [6, 6.07) is -0.149. The molecular formula is C16H28N2O3. The summed E-state index contributed by atoms with van der Waals surface area (Å²) >= 11 is 0. The first-order valence-corrected chi connectivity index (χ1v) is 8.31. The molecule has 2 atom stereocenters. The zero-order valence-corrected chi connectivity index (χ0v) is 13.0. The van der Waals surface area contributed by atoms with Crippen molar-refractivity contribution in [2.45, 2.75) is 58.3 Å². The maximum Gasteiger partial charge on any atom is 0.314 e. The van der Waals surface area contributed by atoms with Gasteiger partial charge in [0.05, 0.1) is 5.92 Å². The number of hydrogen-bond acceptors (Lipinski definition) is 2. The van der Waals surface area contributed by atoms with Gasteiger partial charge in [-0.25, -0.2) is 4.79 Å². The molecule has 2 rings (SSSR count). The van der Waals surface area contributed by atoms with Gasteiger partial charge in [-0.2, -0.15) is 0 Å². The highest BCUT2D eigenvalue weighted by Crippen LogP contribution is 2.43. The molecule has 2 aliphatic rings. The number of amides is 2. The van der Waals surface area contributed by atoms with E-state index in [2.05, 4.69) is 17.6 Å². The van der Waals surface area contributed by atoms with Crippen LogP contribution < -0.4 is 10.6 Å². The Morgan fingerprint density at radius 3 is 2.43 bits per heavy atom. The molecule has 0 spiro atoms. The van der Waals surface area contributed by atoms with Crippen molar-refractivity contribution in [2.75, 3.05) is 13.1 Å². The van der Waals surface area contributed by atoms with E-state index in [4.69, 9.17) is 0 Å². The maximum absolute atomic E-state index is 11.9. The van der Waals surface area contributed by atoms with E-state index in [0.717, 1.165) is 38.6 Å². The Morgan fingerprint density at radius 2 is 1.86 bits per heavy atom. The highest BCUT2D eigenvalue weighted by molar-refractivity contribution is 5.74. The molecule has 5 nitrogen and oxygen atoms in total. The molecule has 0 bridgehead atoms. The summed E-state index contributed by atoms with van der Waals surface area (Å²) in [5.74, 6) is -0.945. The van der Waals surface area contributed by atoms with Crippen molar-refractivity contribution in [1.29, 1.82) is 0 Å². The highest BCUT2D eigenvalue weighted by Gasteiger charge is 2.35. The lowest BCUT2D eigenvalue weighted by molar-refractivity contribution is -0.144. The summed E-state index contributed by atoms with van der Waals surface area (Å²) in [6.45, 7) is 3.39. The zero-order chi connectivity index (χ0) is 15.3. The van der Waals surface area contributed by atoms with Crippen LogP contribution in [0.25, 0.3) is 0 Å². The average molecular weight is 296 g/mol. The van der Waals surface area contributed by atoms with E-state index in [1.54, 1.807) is 0 Å². The zero-order valence-electron chi connectivity index (χ0n) is 13.0. The third-order valence-corrected chi connectivity index (χ3v) is 5.54. The average Bonchev–Trinajstić information content (AvgIpc) is 2.44. The van der Waals surface area contributed by atoms with Crippen LogP contribution in [-0.2, 0) is 4.79 Å². The lowest BCUT2D eigenvalue weighted by atomic mass is 9.67. The van der Waals surface area contributed by atoms with Crippen LogP contribution in [0, 0.1) is 17.3 Å². The standard InChI is InChI=1S/C16H28N2O3/c1-2-16(8-5-9-16)11-18-15(21)17-10-12-6-3-4-7-13(12)14(19)20/h12-13H,2-11H2,1H3,(H,19,20)(H2,17,18,21). The fourth-order valence-electron chi connectivity index (χ4n) is 3.66. The molecule has 2 saturated carbocycles. The number of urea groups is 1. The van der Waals surface area contributed by atoms with Gasteiger partial charge < -0.3 is 15.7 Å². The molecule has 0 aromatic carbocycles. The lowest BCUT2D eigenvalue weighted by Crippen LogP contribution is -2.47. The molecule has 2 amide bonds. The van der Waals surface area contributed by atoms with Crippen molar-refractivity contribution in [1.82, 2.24) is 10.6 Å². The molecule has 2 aliphatic carbocycles. The second kappa shape index (κ2) is 7.14. The maximum atomic E-state index is 11.9. The molecule has 5 heteroatoms. The molecule has 0 aromatic heterocycles. The molecule has 0 heterocycles. The third kappa shape index (κ3) is 4.11. The number of hydrogen-bond donors (Lipinski definition) is 3. The van der Waals surface area contributed by atoms with Crippen LogP contribution in [0.4, 0.5) is 4.79 Å². The molecule has 2 unspecified atom stereocenters. The van der Waals surface area contributed by atoms with Gasteiger partial charge in [0.1, 0.15) is 0 Å².